The molecule has 0 saturated carbocycles. The molecule has 0 atom stereocenters. The summed E-state index contributed by atoms with van der Waals surface area (Å²) in [5.41, 5.74) is -0.157. The van der Waals surface area contributed by atoms with Crippen molar-refractivity contribution >= 4 is 45.6 Å². The maximum absolute atomic E-state index is 12.0. The minimum absolute atomic E-state index is 0.0633. The lowest BCUT2D eigenvalue weighted by Crippen LogP contribution is -2.12. The average Bonchev–Trinajstić information content (AvgIpc) is 3.13. The predicted molar refractivity (Wildman–Crippen MR) is 104 cm³/mol. The lowest BCUT2D eigenvalue weighted by atomic mass is 10.2. The van der Waals surface area contributed by atoms with Crippen LogP contribution in [0.15, 0.2) is 50.4 Å². The number of aromatic nitrogens is 4. The molecule has 0 aliphatic rings. The SMILES string of the molecule is O=C(Nc1cc(Cl)c(Oc2n[nH]c(=O)c3ccccc23)c(Cl)c1)c1n[nH]c(=O)o1. The zero-order valence-corrected chi connectivity index (χ0v) is 15.7. The minimum atomic E-state index is -0.865. The molecule has 0 bridgehead atoms. The van der Waals surface area contributed by atoms with Crippen LogP contribution in [0.3, 0.4) is 0 Å². The Hall–Kier alpha value is -3.63. The van der Waals surface area contributed by atoms with Crippen molar-refractivity contribution in [3.8, 4) is 11.6 Å². The van der Waals surface area contributed by atoms with E-state index < -0.39 is 17.6 Å². The van der Waals surface area contributed by atoms with Crippen LogP contribution < -0.4 is 21.4 Å². The highest BCUT2D eigenvalue weighted by Gasteiger charge is 2.18. The van der Waals surface area contributed by atoms with E-state index in [0.717, 1.165) is 0 Å². The molecule has 29 heavy (non-hydrogen) atoms. The molecular formula is C17H9Cl2N5O5. The van der Waals surface area contributed by atoms with Crippen molar-refractivity contribution in [2.75, 3.05) is 5.32 Å². The van der Waals surface area contributed by atoms with Crippen LogP contribution in [0.4, 0.5) is 5.69 Å². The Balaban J connectivity index is 1.65. The monoisotopic (exact) mass is 433 g/mol. The van der Waals surface area contributed by atoms with Gasteiger partial charge in [0.2, 0.25) is 5.88 Å². The van der Waals surface area contributed by atoms with Gasteiger partial charge in [-0.2, -0.15) is 0 Å². The van der Waals surface area contributed by atoms with Gasteiger partial charge in [0.15, 0.2) is 5.75 Å². The second-order valence-corrected chi connectivity index (χ2v) is 6.46. The van der Waals surface area contributed by atoms with Crippen molar-refractivity contribution in [2.24, 2.45) is 0 Å². The number of nitrogens with one attached hydrogen (secondary N) is 3. The number of amides is 1. The number of rotatable bonds is 4. The number of benzene rings is 2. The zero-order chi connectivity index (χ0) is 20.5. The third-order valence-electron chi connectivity index (χ3n) is 3.75. The van der Waals surface area contributed by atoms with Gasteiger partial charge in [0.25, 0.3) is 5.56 Å². The Morgan fingerprint density at radius 3 is 2.38 bits per heavy atom. The maximum atomic E-state index is 12.0. The highest BCUT2D eigenvalue weighted by molar-refractivity contribution is 6.37. The first-order valence-corrected chi connectivity index (χ1v) is 8.69. The predicted octanol–water partition coefficient (Wildman–Crippen LogP) is 2.95. The van der Waals surface area contributed by atoms with Crippen molar-refractivity contribution in [3.05, 3.63) is 73.2 Å². The number of H-pyrrole nitrogens is 2. The number of halogens is 2. The molecule has 0 fully saturated rings. The number of hydrogen-bond donors (Lipinski definition) is 3. The lowest BCUT2D eigenvalue weighted by molar-refractivity contribution is 0.0988. The van der Waals surface area contributed by atoms with E-state index in [4.69, 9.17) is 27.9 Å². The molecule has 0 spiro atoms. The summed E-state index contributed by atoms with van der Waals surface area (Å²) in [6.45, 7) is 0. The van der Waals surface area contributed by atoms with Crippen LogP contribution in [-0.4, -0.2) is 26.3 Å². The Bertz CT molecular complexity index is 1340. The van der Waals surface area contributed by atoms with Crippen molar-refractivity contribution < 1.29 is 13.9 Å². The molecule has 4 aromatic rings. The van der Waals surface area contributed by atoms with Gasteiger partial charge < -0.3 is 14.5 Å². The van der Waals surface area contributed by atoms with E-state index >= 15 is 0 Å². The van der Waals surface area contributed by atoms with Crippen molar-refractivity contribution in [3.63, 3.8) is 0 Å². The highest BCUT2D eigenvalue weighted by Crippen LogP contribution is 2.39. The number of fused-ring (bicyclic) bond motifs is 1. The fraction of sp³-hybridized carbons (Fsp3) is 0. The number of carbonyl (C=O) groups excluding carboxylic acids is 1. The van der Waals surface area contributed by atoms with Crippen molar-refractivity contribution in [2.45, 2.75) is 0 Å². The average molecular weight is 434 g/mol. The van der Waals surface area contributed by atoms with Crippen LogP contribution in [0.2, 0.25) is 10.0 Å². The molecule has 0 saturated heterocycles. The van der Waals surface area contributed by atoms with E-state index in [9.17, 15) is 14.4 Å². The first-order chi connectivity index (χ1) is 13.9. The van der Waals surface area contributed by atoms with Crippen LogP contribution in [0.25, 0.3) is 10.8 Å². The van der Waals surface area contributed by atoms with E-state index in [1.54, 1.807) is 24.3 Å². The van der Waals surface area contributed by atoms with E-state index in [1.807, 2.05) is 5.10 Å². The van der Waals surface area contributed by atoms with Gasteiger partial charge in [0, 0.05) is 5.69 Å². The third kappa shape index (κ3) is 3.71. The molecule has 146 valence electrons. The van der Waals surface area contributed by atoms with E-state index in [1.165, 1.54) is 12.1 Å². The largest absolute Gasteiger partial charge is 0.434 e. The number of aromatic amines is 2. The summed E-state index contributed by atoms with van der Waals surface area (Å²) in [4.78, 5) is 34.8. The lowest BCUT2D eigenvalue weighted by Gasteiger charge is -2.12. The molecule has 4 rings (SSSR count). The molecule has 2 aromatic heterocycles. The summed E-state index contributed by atoms with van der Waals surface area (Å²) >= 11 is 12.5. The molecule has 0 aliphatic heterocycles. The molecule has 2 aromatic carbocycles. The van der Waals surface area contributed by atoms with Crippen LogP contribution in [0.1, 0.15) is 10.7 Å². The van der Waals surface area contributed by atoms with Crippen LogP contribution >= 0.6 is 23.2 Å². The molecule has 10 nitrogen and oxygen atoms in total. The fourth-order valence-electron chi connectivity index (χ4n) is 2.51. The quantitative estimate of drug-likeness (QED) is 0.448. The molecule has 3 N–H and O–H groups in total. The molecular weight excluding hydrogens is 425 g/mol. The molecule has 2 heterocycles. The van der Waals surface area contributed by atoms with Gasteiger partial charge in [-0.05, 0) is 24.3 Å². The minimum Gasteiger partial charge on any atom is -0.434 e. The van der Waals surface area contributed by atoms with Gasteiger partial charge in [-0.1, -0.05) is 35.3 Å². The van der Waals surface area contributed by atoms with Gasteiger partial charge in [0.1, 0.15) is 0 Å². The third-order valence-corrected chi connectivity index (χ3v) is 4.31. The van der Waals surface area contributed by atoms with Crippen molar-refractivity contribution in [1.82, 2.24) is 20.4 Å². The van der Waals surface area contributed by atoms with Crippen LogP contribution in [-0.2, 0) is 0 Å². The maximum Gasteiger partial charge on any atom is 0.434 e. The first-order valence-electron chi connectivity index (χ1n) is 7.93. The second-order valence-electron chi connectivity index (χ2n) is 5.65. The Morgan fingerprint density at radius 1 is 1.03 bits per heavy atom. The summed E-state index contributed by atoms with van der Waals surface area (Å²) in [5, 5.41) is 15.1. The number of ether oxygens (including phenoxy) is 1. The number of nitrogens with zero attached hydrogens (tertiary/aromatic N) is 2. The van der Waals surface area contributed by atoms with E-state index in [-0.39, 0.29) is 32.9 Å². The van der Waals surface area contributed by atoms with Gasteiger partial charge >= 0.3 is 17.6 Å². The van der Waals surface area contributed by atoms with Crippen LogP contribution in [0, 0.1) is 0 Å². The van der Waals surface area contributed by atoms with Gasteiger partial charge in [0.05, 0.1) is 20.8 Å². The van der Waals surface area contributed by atoms with E-state index in [0.29, 0.717) is 10.8 Å². The van der Waals surface area contributed by atoms with Gasteiger partial charge in [-0.3, -0.25) is 9.59 Å². The first kappa shape index (κ1) is 18.7. The smallest absolute Gasteiger partial charge is 0.434 e. The Kier molecular flexibility index (Phi) is 4.79. The fourth-order valence-corrected chi connectivity index (χ4v) is 3.07. The molecule has 1 amide bonds. The van der Waals surface area contributed by atoms with E-state index in [2.05, 4.69) is 25.0 Å². The van der Waals surface area contributed by atoms with Gasteiger partial charge in [-0.15, -0.1) is 10.2 Å². The highest BCUT2D eigenvalue weighted by atomic mass is 35.5. The second kappa shape index (κ2) is 7.41. The standard InChI is InChI=1S/C17H9Cl2N5O5/c18-10-5-7(20-14(26)16-23-24-17(27)29-16)6-11(19)12(10)28-15-9-4-2-1-3-8(9)13(25)21-22-15/h1-6H,(H,20,26)(H,21,25)(H,24,27). The van der Waals surface area contributed by atoms with Gasteiger partial charge in [-0.25, -0.2) is 15.0 Å². The summed E-state index contributed by atoms with van der Waals surface area (Å²) in [5.74, 6) is -1.93. The Labute approximate surface area is 170 Å². The summed E-state index contributed by atoms with van der Waals surface area (Å²) in [7, 11) is 0. The summed E-state index contributed by atoms with van der Waals surface area (Å²) in [6.07, 6.45) is 0. The molecule has 0 radical (unpaired) electrons. The molecule has 12 heteroatoms. The molecule has 0 unspecified atom stereocenters. The van der Waals surface area contributed by atoms with Crippen molar-refractivity contribution in [1.29, 1.82) is 0 Å². The zero-order valence-electron chi connectivity index (χ0n) is 14.2. The number of anilines is 1. The topological polar surface area (TPSA) is 143 Å². The normalized spacial score (nSPS) is 10.8. The summed E-state index contributed by atoms with van der Waals surface area (Å²) < 4.78 is 10.3. The summed E-state index contributed by atoms with van der Waals surface area (Å²) in [6, 6.07) is 9.48. The van der Waals surface area contributed by atoms with Crippen LogP contribution in [0.5, 0.6) is 11.6 Å². The Morgan fingerprint density at radius 2 is 1.72 bits per heavy atom. The molecule has 0 aliphatic carbocycles. The number of carbonyl (C=O) groups is 1. The number of hydrogen-bond acceptors (Lipinski definition) is 7.